The van der Waals surface area contributed by atoms with Crippen LogP contribution < -0.4 is 15.5 Å². The van der Waals surface area contributed by atoms with E-state index in [4.69, 9.17) is 0 Å². The molecular formula is C23H32IN5. The Hall–Kier alpha value is -2.06. The zero-order valence-corrected chi connectivity index (χ0v) is 19.5. The summed E-state index contributed by atoms with van der Waals surface area (Å²) in [4.78, 5) is 9.27. The van der Waals surface area contributed by atoms with E-state index in [1.165, 1.54) is 16.8 Å². The second kappa shape index (κ2) is 12.5. The number of aliphatic imine (C=N–C) groups is 1. The molecule has 6 heteroatoms. The van der Waals surface area contributed by atoms with Crippen molar-refractivity contribution in [2.75, 3.05) is 44.7 Å². The fourth-order valence-corrected chi connectivity index (χ4v) is 3.50. The van der Waals surface area contributed by atoms with Crippen LogP contribution in [0.3, 0.4) is 0 Å². The normalized spacial score (nSPS) is 14.8. The number of piperazine rings is 1. The van der Waals surface area contributed by atoms with E-state index in [1.807, 2.05) is 6.08 Å². The van der Waals surface area contributed by atoms with Gasteiger partial charge in [-0.15, -0.1) is 30.6 Å². The maximum absolute atomic E-state index is 4.25. The molecule has 0 bridgehead atoms. The molecule has 1 heterocycles. The van der Waals surface area contributed by atoms with E-state index in [0.29, 0.717) is 6.54 Å². The van der Waals surface area contributed by atoms with E-state index in [2.05, 4.69) is 86.6 Å². The van der Waals surface area contributed by atoms with Gasteiger partial charge in [-0.05, 0) is 23.3 Å². The van der Waals surface area contributed by atoms with Crippen LogP contribution in [0.15, 0.2) is 72.2 Å². The van der Waals surface area contributed by atoms with Gasteiger partial charge in [-0.25, -0.2) is 0 Å². The molecular weight excluding hydrogens is 473 g/mol. The Bertz CT molecular complexity index is 770. The number of benzene rings is 2. The first-order chi connectivity index (χ1) is 13.8. The summed E-state index contributed by atoms with van der Waals surface area (Å²) in [6, 6.07) is 19.4. The molecule has 0 spiro atoms. The highest BCUT2D eigenvalue weighted by molar-refractivity contribution is 14.0. The van der Waals surface area contributed by atoms with Crippen molar-refractivity contribution in [3.8, 4) is 0 Å². The molecule has 2 aromatic carbocycles. The number of nitrogens with zero attached hydrogens (tertiary/aromatic N) is 3. The minimum Gasteiger partial charge on any atom is -0.369 e. The molecule has 1 fully saturated rings. The van der Waals surface area contributed by atoms with Crippen LogP contribution in [0, 0.1) is 0 Å². The summed E-state index contributed by atoms with van der Waals surface area (Å²) in [5.41, 5.74) is 4.02. The molecule has 0 unspecified atom stereocenters. The summed E-state index contributed by atoms with van der Waals surface area (Å²) in [7, 11) is 1.79. The highest BCUT2D eigenvalue weighted by Gasteiger charge is 2.18. The largest absolute Gasteiger partial charge is 0.369 e. The number of hydrogen-bond acceptors (Lipinski definition) is 3. The maximum Gasteiger partial charge on any atom is 0.191 e. The molecule has 156 valence electrons. The van der Waals surface area contributed by atoms with Crippen molar-refractivity contribution >= 4 is 35.6 Å². The number of guanidine groups is 1. The Morgan fingerprint density at radius 2 is 1.62 bits per heavy atom. The summed E-state index contributed by atoms with van der Waals surface area (Å²) in [6.45, 7) is 10.5. The predicted molar refractivity (Wildman–Crippen MR) is 134 cm³/mol. The van der Waals surface area contributed by atoms with Crippen molar-refractivity contribution in [3.63, 3.8) is 0 Å². The Labute approximate surface area is 191 Å². The summed E-state index contributed by atoms with van der Waals surface area (Å²) >= 11 is 0. The summed E-state index contributed by atoms with van der Waals surface area (Å²) in [6.07, 6.45) is 1.83. The lowest BCUT2D eigenvalue weighted by molar-refractivity contribution is 0.249. The zero-order valence-electron chi connectivity index (χ0n) is 17.2. The third-order valence-electron chi connectivity index (χ3n) is 5.09. The molecule has 2 N–H and O–H groups in total. The zero-order chi connectivity index (χ0) is 19.6. The minimum absolute atomic E-state index is 0. The minimum atomic E-state index is 0. The second-order valence-electron chi connectivity index (χ2n) is 6.96. The average Bonchev–Trinajstić information content (AvgIpc) is 2.76. The van der Waals surface area contributed by atoms with Gasteiger partial charge in [-0.3, -0.25) is 9.89 Å². The molecule has 5 nitrogen and oxygen atoms in total. The van der Waals surface area contributed by atoms with Gasteiger partial charge >= 0.3 is 0 Å². The third kappa shape index (κ3) is 7.04. The molecule has 29 heavy (non-hydrogen) atoms. The van der Waals surface area contributed by atoms with E-state index < -0.39 is 0 Å². The van der Waals surface area contributed by atoms with Crippen LogP contribution in [-0.4, -0.2) is 50.6 Å². The van der Waals surface area contributed by atoms with E-state index in [-0.39, 0.29) is 24.0 Å². The third-order valence-corrected chi connectivity index (χ3v) is 5.09. The van der Waals surface area contributed by atoms with E-state index in [1.54, 1.807) is 7.05 Å². The van der Waals surface area contributed by atoms with Crippen LogP contribution in [0.2, 0.25) is 0 Å². The molecule has 0 aromatic heterocycles. The Kier molecular flexibility index (Phi) is 10.0. The highest BCUT2D eigenvalue weighted by atomic mass is 127. The van der Waals surface area contributed by atoms with Crippen molar-refractivity contribution in [3.05, 3.63) is 78.4 Å². The topological polar surface area (TPSA) is 42.9 Å². The smallest absolute Gasteiger partial charge is 0.191 e. The number of hydrogen-bond donors (Lipinski definition) is 2. The van der Waals surface area contributed by atoms with Gasteiger partial charge in [0.25, 0.3) is 0 Å². The van der Waals surface area contributed by atoms with Crippen molar-refractivity contribution in [1.82, 2.24) is 15.5 Å². The standard InChI is InChI=1S/C23H31N5.HI/c1-3-13-25-23(24-2)26-18-20-9-7-8-10-21(20)19-27-14-16-28(17-15-27)22-11-5-4-6-12-22;/h3-12H,1,13-19H2,2H3,(H2,24,25,26);1H. The molecule has 1 saturated heterocycles. The Balaban J connectivity index is 0.00000300. The van der Waals surface area contributed by atoms with E-state index >= 15 is 0 Å². The average molecular weight is 505 g/mol. The SMILES string of the molecule is C=CCNC(=NC)NCc1ccccc1CN1CCN(c2ccccc2)CC1.I. The lowest BCUT2D eigenvalue weighted by Crippen LogP contribution is -2.46. The maximum atomic E-state index is 4.25. The second-order valence-corrected chi connectivity index (χ2v) is 6.96. The van der Waals surface area contributed by atoms with Gasteiger partial charge in [0.1, 0.15) is 0 Å². The monoisotopic (exact) mass is 505 g/mol. The van der Waals surface area contributed by atoms with Crippen molar-refractivity contribution < 1.29 is 0 Å². The van der Waals surface area contributed by atoms with Crippen LogP contribution in [-0.2, 0) is 13.1 Å². The number of rotatable bonds is 7. The number of halogens is 1. The lowest BCUT2D eigenvalue weighted by Gasteiger charge is -2.36. The molecule has 0 aliphatic carbocycles. The van der Waals surface area contributed by atoms with Crippen LogP contribution in [0.1, 0.15) is 11.1 Å². The first kappa shape index (κ1) is 23.2. The van der Waals surface area contributed by atoms with Crippen LogP contribution in [0.25, 0.3) is 0 Å². The number of nitrogens with one attached hydrogen (secondary N) is 2. The van der Waals surface area contributed by atoms with Gasteiger partial charge in [-0.1, -0.05) is 48.5 Å². The van der Waals surface area contributed by atoms with E-state index in [0.717, 1.165) is 45.2 Å². The first-order valence-electron chi connectivity index (χ1n) is 9.94. The number of para-hydroxylation sites is 1. The van der Waals surface area contributed by atoms with Gasteiger partial charge in [-0.2, -0.15) is 0 Å². The fraction of sp³-hybridized carbons (Fsp3) is 0.348. The Morgan fingerprint density at radius 3 is 2.28 bits per heavy atom. The highest BCUT2D eigenvalue weighted by Crippen LogP contribution is 2.18. The molecule has 1 aliphatic rings. The molecule has 0 radical (unpaired) electrons. The van der Waals surface area contributed by atoms with Crippen molar-refractivity contribution in [2.24, 2.45) is 4.99 Å². The van der Waals surface area contributed by atoms with Crippen LogP contribution in [0.4, 0.5) is 5.69 Å². The quantitative estimate of drug-likeness (QED) is 0.262. The van der Waals surface area contributed by atoms with Gasteiger partial charge in [0, 0.05) is 58.5 Å². The molecule has 3 rings (SSSR count). The van der Waals surface area contributed by atoms with E-state index in [9.17, 15) is 0 Å². The first-order valence-corrected chi connectivity index (χ1v) is 9.94. The predicted octanol–water partition coefficient (Wildman–Crippen LogP) is 3.48. The van der Waals surface area contributed by atoms with Crippen LogP contribution >= 0.6 is 24.0 Å². The van der Waals surface area contributed by atoms with Crippen LogP contribution in [0.5, 0.6) is 0 Å². The van der Waals surface area contributed by atoms with Crippen molar-refractivity contribution in [1.29, 1.82) is 0 Å². The van der Waals surface area contributed by atoms with Crippen molar-refractivity contribution in [2.45, 2.75) is 13.1 Å². The van der Waals surface area contributed by atoms with Gasteiger partial charge < -0.3 is 15.5 Å². The summed E-state index contributed by atoms with van der Waals surface area (Å²) in [5, 5.41) is 6.61. The molecule has 0 atom stereocenters. The summed E-state index contributed by atoms with van der Waals surface area (Å²) < 4.78 is 0. The van der Waals surface area contributed by atoms with Gasteiger partial charge in [0.15, 0.2) is 5.96 Å². The van der Waals surface area contributed by atoms with Gasteiger partial charge in [0.05, 0.1) is 0 Å². The lowest BCUT2D eigenvalue weighted by atomic mass is 10.1. The fourth-order valence-electron chi connectivity index (χ4n) is 3.50. The molecule has 2 aromatic rings. The molecule has 0 saturated carbocycles. The Morgan fingerprint density at radius 1 is 0.966 bits per heavy atom. The summed E-state index contributed by atoms with van der Waals surface area (Å²) in [5.74, 6) is 0.797. The van der Waals surface area contributed by atoms with Gasteiger partial charge in [0.2, 0.25) is 0 Å². The number of anilines is 1. The molecule has 1 aliphatic heterocycles. The molecule has 0 amide bonds.